The van der Waals surface area contributed by atoms with E-state index in [0.717, 1.165) is 5.56 Å². The molecule has 0 spiro atoms. The highest BCUT2D eigenvalue weighted by Crippen LogP contribution is 2.38. The number of anilines is 1. The third-order valence-electron chi connectivity index (χ3n) is 3.25. The van der Waals surface area contributed by atoms with Crippen LogP contribution in [0.2, 0.25) is 5.02 Å². The lowest BCUT2D eigenvalue weighted by Gasteiger charge is -2.20. The molecule has 2 aromatic carbocycles. The maximum Gasteiger partial charge on any atom is 0.286 e. The number of nitrogens with one attached hydrogen (secondary N) is 1. The lowest BCUT2D eigenvalue weighted by atomic mass is 10.2. The molecule has 4 nitrogen and oxygen atoms in total. The molecule has 114 valence electrons. The van der Waals surface area contributed by atoms with Crippen LogP contribution in [0.5, 0.6) is 0 Å². The van der Waals surface area contributed by atoms with Crippen LogP contribution in [0.3, 0.4) is 0 Å². The molecule has 22 heavy (non-hydrogen) atoms. The molecule has 7 heteroatoms. The molecule has 0 amide bonds. The summed E-state index contributed by atoms with van der Waals surface area (Å²) in [7, 11) is -3.72. The van der Waals surface area contributed by atoms with Crippen molar-refractivity contribution >= 4 is 44.2 Å². The Morgan fingerprint density at radius 2 is 1.86 bits per heavy atom. The number of nitrogens with zero attached hydrogens (tertiary/aromatic N) is 1. The molecule has 3 rings (SSSR count). The summed E-state index contributed by atoms with van der Waals surface area (Å²) in [6, 6.07) is 14.6. The molecule has 0 bridgehead atoms. The quantitative estimate of drug-likeness (QED) is 0.875. The first-order valence-corrected chi connectivity index (χ1v) is 9.29. The van der Waals surface area contributed by atoms with Gasteiger partial charge in [0.1, 0.15) is 4.90 Å². The SMILES string of the molecule is CC(SC1=NS(=O)(=O)c2cccc(Cl)c2N1)c1ccccc1. The number of thioether (sulfide) groups is 1. The average molecular weight is 353 g/mol. The predicted molar refractivity (Wildman–Crippen MR) is 92.1 cm³/mol. The van der Waals surface area contributed by atoms with E-state index in [0.29, 0.717) is 15.9 Å². The Morgan fingerprint density at radius 1 is 1.14 bits per heavy atom. The number of para-hydroxylation sites is 1. The van der Waals surface area contributed by atoms with Gasteiger partial charge in [-0.15, -0.1) is 4.40 Å². The van der Waals surface area contributed by atoms with Crippen molar-refractivity contribution in [2.24, 2.45) is 4.40 Å². The Labute approximate surface area is 138 Å². The molecule has 0 radical (unpaired) electrons. The number of hydrogen-bond donors (Lipinski definition) is 1. The van der Waals surface area contributed by atoms with Crippen LogP contribution in [0.15, 0.2) is 57.8 Å². The molecule has 1 N–H and O–H groups in total. The summed E-state index contributed by atoms with van der Waals surface area (Å²) in [5.74, 6) is 0. The third-order valence-corrected chi connectivity index (χ3v) is 6.04. The summed E-state index contributed by atoms with van der Waals surface area (Å²) in [5.41, 5.74) is 1.49. The van der Waals surface area contributed by atoms with Gasteiger partial charge in [-0.05, 0) is 24.6 Å². The van der Waals surface area contributed by atoms with Crippen LogP contribution in [0.25, 0.3) is 0 Å². The average Bonchev–Trinajstić information content (AvgIpc) is 2.49. The van der Waals surface area contributed by atoms with E-state index >= 15 is 0 Å². The van der Waals surface area contributed by atoms with Crippen LogP contribution in [0.1, 0.15) is 17.7 Å². The maximum atomic E-state index is 12.3. The molecule has 1 atom stereocenters. The molecule has 1 heterocycles. The highest BCUT2D eigenvalue weighted by atomic mass is 35.5. The molecule has 0 fully saturated rings. The summed E-state index contributed by atoms with van der Waals surface area (Å²) in [4.78, 5) is 0.108. The fourth-order valence-corrected chi connectivity index (χ4v) is 4.70. The van der Waals surface area contributed by atoms with Gasteiger partial charge >= 0.3 is 0 Å². The number of benzene rings is 2. The van der Waals surface area contributed by atoms with E-state index in [1.165, 1.54) is 17.8 Å². The monoisotopic (exact) mass is 352 g/mol. The summed E-state index contributed by atoms with van der Waals surface area (Å²) >= 11 is 7.45. The number of amidine groups is 1. The number of fused-ring (bicyclic) bond motifs is 1. The highest BCUT2D eigenvalue weighted by molar-refractivity contribution is 8.15. The van der Waals surface area contributed by atoms with Gasteiger partial charge in [-0.3, -0.25) is 0 Å². The highest BCUT2D eigenvalue weighted by Gasteiger charge is 2.27. The molecule has 1 unspecified atom stereocenters. The van der Waals surface area contributed by atoms with Gasteiger partial charge in [0.2, 0.25) is 0 Å². The maximum absolute atomic E-state index is 12.3. The molecule has 0 aliphatic carbocycles. The Bertz CT molecular complexity index is 836. The zero-order valence-corrected chi connectivity index (χ0v) is 14.0. The molecule has 1 aliphatic rings. The van der Waals surface area contributed by atoms with Gasteiger partial charge in [-0.2, -0.15) is 8.42 Å². The van der Waals surface area contributed by atoms with Crippen molar-refractivity contribution in [2.75, 3.05) is 5.32 Å². The number of hydrogen-bond acceptors (Lipinski definition) is 4. The summed E-state index contributed by atoms with van der Waals surface area (Å²) in [6.07, 6.45) is 0. The molecule has 0 saturated heterocycles. The van der Waals surface area contributed by atoms with Crippen molar-refractivity contribution in [3.8, 4) is 0 Å². The van der Waals surface area contributed by atoms with Crippen molar-refractivity contribution in [1.82, 2.24) is 0 Å². The van der Waals surface area contributed by atoms with Crippen LogP contribution in [0.4, 0.5) is 5.69 Å². The smallest absolute Gasteiger partial charge is 0.286 e. The number of halogens is 1. The lowest BCUT2D eigenvalue weighted by molar-refractivity contribution is 0.598. The number of rotatable bonds is 2. The van der Waals surface area contributed by atoms with Crippen LogP contribution < -0.4 is 5.32 Å². The van der Waals surface area contributed by atoms with Gasteiger partial charge in [0, 0.05) is 5.25 Å². The van der Waals surface area contributed by atoms with Crippen molar-refractivity contribution in [3.63, 3.8) is 0 Å². The zero-order chi connectivity index (χ0) is 15.7. The minimum Gasteiger partial charge on any atom is -0.332 e. The molecule has 0 saturated carbocycles. The molecule has 1 aliphatic heterocycles. The normalized spacial score (nSPS) is 17.1. The van der Waals surface area contributed by atoms with E-state index in [4.69, 9.17) is 11.6 Å². The third kappa shape index (κ3) is 2.99. The fraction of sp³-hybridized carbons (Fsp3) is 0.133. The molecular formula is C15H13ClN2O2S2. The second-order valence-electron chi connectivity index (χ2n) is 4.78. The van der Waals surface area contributed by atoms with Crippen LogP contribution >= 0.6 is 23.4 Å². The number of sulfonamides is 1. The van der Waals surface area contributed by atoms with E-state index in [-0.39, 0.29) is 10.1 Å². The second kappa shape index (κ2) is 5.95. The largest absolute Gasteiger partial charge is 0.332 e. The molecular weight excluding hydrogens is 340 g/mol. The van der Waals surface area contributed by atoms with Crippen LogP contribution in [0, 0.1) is 0 Å². The van der Waals surface area contributed by atoms with E-state index in [9.17, 15) is 8.42 Å². The Balaban J connectivity index is 1.91. The van der Waals surface area contributed by atoms with Gasteiger partial charge < -0.3 is 5.32 Å². The van der Waals surface area contributed by atoms with Crippen molar-refractivity contribution < 1.29 is 8.42 Å². The van der Waals surface area contributed by atoms with Gasteiger partial charge in [0.25, 0.3) is 10.0 Å². The lowest BCUT2D eigenvalue weighted by Crippen LogP contribution is -2.19. The zero-order valence-electron chi connectivity index (χ0n) is 11.7. The predicted octanol–water partition coefficient (Wildman–Crippen LogP) is 4.30. The minimum absolute atomic E-state index is 0.0617. The van der Waals surface area contributed by atoms with Gasteiger partial charge in [-0.25, -0.2) is 0 Å². The first kappa shape index (κ1) is 15.4. The summed E-state index contributed by atoms with van der Waals surface area (Å²) in [5, 5.41) is 3.78. The van der Waals surface area contributed by atoms with Gasteiger partial charge in [0.05, 0.1) is 10.7 Å². The topological polar surface area (TPSA) is 58.5 Å². The second-order valence-corrected chi connectivity index (χ2v) is 8.09. The van der Waals surface area contributed by atoms with Gasteiger partial charge in [0.15, 0.2) is 5.17 Å². The van der Waals surface area contributed by atoms with Crippen molar-refractivity contribution in [3.05, 3.63) is 59.1 Å². The first-order valence-electron chi connectivity index (χ1n) is 6.59. The van der Waals surface area contributed by atoms with Crippen LogP contribution in [-0.2, 0) is 10.0 Å². The van der Waals surface area contributed by atoms with E-state index in [1.807, 2.05) is 37.3 Å². The first-order chi connectivity index (χ1) is 10.5. The van der Waals surface area contributed by atoms with E-state index < -0.39 is 10.0 Å². The Morgan fingerprint density at radius 3 is 2.59 bits per heavy atom. The minimum atomic E-state index is -3.72. The van der Waals surface area contributed by atoms with Crippen LogP contribution in [-0.4, -0.2) is 13.6 Å². The summed E-state index contributed by atoms with van der Waals surface area (Å²) in [6.45, 7) is 2.00. The molecule has 0 aromatic heterocycles. The Kier molecular flexibility index (Phi) is 4.16. The summed E-state index contributed by atoms with van der Waals surface area (Å²) < 4.78 is 28.4. The molecule has 2 aromatic rings. The van der Waals surface area contributed by atoms with E-state index in [1.54, 1.807) is 12.1 Å². The van der Waals surface area contributed by atoms with Gasteiger partial charge in [-0.1, -0.05) is 59.8 Å². The standard InChI is InChI=1S/C15H13ClN2O2S2/c1-10(11-6-3-2-4-7-11)21-15-17-14-12(16)8-5-9-13(14)22(19,20)18-15/h2-10H,1H3,(H,17,18). The van der Waals surface area contributed by atoms with Crippen molar-refractivity contribution in [1.29, 1.82) is 0 Å². The van der Waals surface area contributed by atoms with E-state index in [2.05, 4.69) is 9.71 Å². The fourth-order valence-electron chi connectivity index (χ4n) is 2.14. The van der Waals surface area contributed by atoms with Crippen molar-refractivity contribution in [2.45, 2.75) is 17.1 Å². The Hall–Kier alpha value is -1.50.